The summed E-state index contributed by atoms with van der Waals surface area (Å²) in [4.78, 5) is 32.6. The number of para-hydroxylation sites is 2. The van der Waals surface area contributed by atoms with Crippen molar-refractivity contribution in [2.45, 2.75) is 4.90 Å². The maximum atomic E-state index is 12.2. The Labute approximate surface area is 189 Å². The van der Waals surface area contributed by atoms with E-state index < -0.39 is 28.5 Å². The van der Waals surface area contributed by atoms with Crippen molar-refractivity contribution in [2.24, 2.45) is 0 Å². The molecule has 9 nitrogen and oxygen atoms in total. The molecule has 0 atom stereocenters. The van der Waals surface area contributed by atoms with Gasteiger partial charge in [0, 0.05) is 20.2 Å². The smallest absolute Gasteiger partial charge is 0.331 e. The first kappa shape index (κ1) is 23.3. The van der Waals surface area contributed by atoms with Crippen molar-refractivity contribution in [3.05, 3.63) is 65.5 Å². The summed E-state index contributed by atoms with van der Waals surface area (Å²) in [5.74, 6) is -1.44. The summed E-state index contributed by atoms with van der Waals surface area (Å²) in [5, 5.41) is 2.57. The number of rotatable bonds is 7. The van der Waals surface area contributed by atoms with Crippen molar-refractivity contribution in [1.29, 1.82) is 0 Å². The highest BCUT2D eigenvalue weighted by Crippen LogP contribution is 2.26. The minimum Gasteiger partial charge on any atom is -0.452 e. The molecule has 0 bridgehead atoms. The zero-order valence-corrected chi connectivity index (χ0v) is 18.7. The Morgan fingerprint density at radius 2 is 1.88 bits per heavy atom. The van der Waals surface area contributed by atoms with Crippen LogP contribution in [0.2, 0.25) is 5.02 Å². The lowest BCUT2D eigenvalue weighted by Gasteiger charge is -2.13. The van der Waals surface area contributed by atoms with Crippen molar-refractivity contribution in [3.8, 4) is 0 Å². The summed E-state index contributed by atoms with van der Waals surface area (Å²) in [5.41, 5.74) is 1.94. The first-order chi connectivity index (χ1) is 15.2. The molecule has 1 N–H and O–H groups in total. The third-order valence-electron chi connectivity index (χ3n) is 4.19. The van der Waals surface area contributed by atoms with Crippen LogP contribution in [0, 0.1) is 0 Å². The lowest BCUT2D eigenvalue weighted by molar-refractivity contribution is -0.142. The van der Waals surface area contributed by atoms with Crippen LogP contribution in [0.1, 0.15) is 5.69 Å². The van der Waals surface area contributed by atoms with Gasteiger partial charge in [-0.2, -0.15) is 0 Å². The van der Waals surface area contributed by atoms with Crippen LogP contribution in [-0.2, 0) is 24.3 Å². The average molecular weight is 475 g/mol. The van der Waals surface area contributed by atoms with Crippen molar-refractivity contribution in [2.75, 3.05) is 26.0 Å². The minimum atomic E-state index is -3.71. The van der Waals surface area contributed by atoms with Gasteiger partial charge >= 0.3 is 5.97 Å². The number of aromatic nitrogens is 2. The van der Waals surface area contributed by atoms with E-state index in [9.17, 15) is 18.0 Å². The monoisotopic (exact) mass is 474 g/mol. The predicted molar refractivity (Wildman–Crippen MR) is 120 cm³/mol. The van der Waals surface area contributed by atoms with E-state index in [0.29, 0.717) is 11.2 Å². The van der Waals surface area contributed by atoms with Crippen LogP contribution in [0.15, 0.2) is 59.6 Å². The molecule has 2 aromatic carbocycles. The highest BCUT2D eigenvalue weighted by molar-refractivity contribution is 7.89. The molecule has 0 aliphatic carbocycles. The van der Waals surface area contributed by atoms with Crippen LogP contribution in [0.25, 0.3) is 17.1 Å². The molecule has 0 aliphatic rings. The van der Waals surface area contributed by atoms with E-state index in [0.717, 1.165) is 15.9 Å². The van der Waals surface area contributed by atoms with Gasteiger partial charge < -0.3 is 10.1 Å². The zero-order valence-electron chi connectivity index (χ0n) is 17.1. The molecule has 3 aromatic rings. The van der Waals surface area contributed by atoms with E-state index in [-0.39, 0.29) is 15.6 Å². The summed E-state index contributed by atoms with van der Waals surface area (Å²) in [7, 11) is -0.932. The molecule has 32 heavy (non-hydrogen) atoms. The summed E-state index contributed by atoms with van der Waals surface area (Å²) in [6.45, 7) is -0.590. The van der Waals surface area contributed by atoms with Gasteiger partial charge in [-0.25, -0.2) is 22.5 Å². The highest BCUT2D eigenvalue weighted by Gasteiger charge is 2.19. The number of hydrogen-bond donors (Lipinski definition) is 1. The summed E-state index contributed by atoms with van der Waals surface area (Å²) < 4.78 is 30.4. The number of esters is 1. The molecule has 11 heteroatoms. The van der Waals surface area contributed by atoms with Gasteiger partial charge in [-0.3, -0.25) is 9.78 Å². The number of anilines is 1. The molecule has 0 saturated carbocycles. The standard InChI is InChI=1S/C21H19ClN4O5S/c1-26(2)32(29,30)15-8-9-16(22)19(11-15)25-20(27)13-31-21(28)10-7-14-12-23-17-5-3-4-6-18(17)24-14/h3-12H,13H2,1-2H3,(H,25,27)/b10-7+. The van der Waals surface area contributed by atoms with Gasteiger partial charge in [-0.15, -0.1) is 0 Å². The fraction of sp³-hybridized carbons (Fsp3) is 0.143. The predicted octanol–water partition coefficient (Wildman–Crippen LogP) is 2.73. The van der Waals surface area contributed by atoms with Gasteiger partial charge in [0.1, 0.15) is 0 Å². The Kier molecular flexibility index (Phi) is 7.18. The number of halogens is 1. The fourth-order valence-electron chi connectivity index (χ4n) is 2.55. The van der Waals surface area contributed by atoms with Gasteiger partial charge in [-0.1, -0.05) is 23.7 Å². The van der Waals surface area contributed by atoms with Crippen molar-refractivity contribution < 1.29 is 22.7 Å². The van der Waals surface area contributed by atoms with Gasteiger partial charge in [0.25, 0.3) is 5.91 Å². The van der Waals surface area contributed by atoms with E-state index in [1.54, 1.807) is 6.07 Å². The maximum Gasteiger partial charge on any atom is 0.331 e. The Morgan fingerprint density at radius 3 is 2.59 bits per heavy atom. The van der Waals surface area contributed by atoms with Gasteiger partial charge in [0.05, 0.1) is 38.5 Å². The molecule has 1 heterocycles. The number of carbonyl (C=O) groups excluding carboxylic acids is 2. The normalized spacial score (nSPS) is 11.8. The lowest BCUT2D eigenvalue weighted by atomic mass is 10.3. The second-order valence-corrected chi connectivity index (χ2v) is 9.26. The largest absolute Gasteiger partial charge is 0.452 e. The Morgan fingerprint density at radius 1 is 1.16 bits per heavy atom. The number of ether oxygens (including phenoxy) is 1. The van der Waals surface area contributed by atoms with E-state index in [1.165, 1.54) is 44.6 Å². The molecule has 0 unspecified atom stereocenters. The van der Waals surface area contributed by atoms with Crippen LogP contribution in [0.3, 0.4) is 0 Å². The van der Waals surface area contributed by atoms with E-state index in [2.05, 4.69) is 15.3 Å². The number of sulfonamides is 1. The summed E-state index contributed by atoms with van der Waals surface area (Å²) >= 11 is 6.04. The van der Waals surface area contributed by atoms with Crippen LogP contribution in [-0.4, -0.2) is 55.3 Å². The third kappa shape index (κ3) is 5.67. The Hall–Kier alpha value is -3.34. The number of nitrogens with zero attached hydrogens (tertiary/aromatic N) is 3. The molecular weight excluding hydrogens is 456 g/mol. The topological polar surface area (TPSA) is 119 Å². The van der Waals surface area contributed by atoms with Crippen LogP contribution in [0.5, 0.6) is 0 Å². The number of benzene rings is 2. The molecule has 1 aromatic heterocycles. The number of hydrogen-bond acceptors (Lipinski definition) is 7. The molecule has 0 aliphatic heterocycles. The second kappa shape index (κ2) is 9.86. The van der Waals surface area contributed by atoms with E-state index in [1.807, 2.05) is 18.2 Å². The Bertz CT molecular complexity index is 1310. The van der Waals surface area contributed by atoms with E-state index >= 15 is 0 Å². The molecule has 0 fully saturated rings. The quantitative estimate of drug-likeness (QED) is 0.413. The second-order valence-electron chi connectivity index (χ2n) is 6.70. The molecule has 3 rings (SSSR count). The molecule has 0 saturated heterocycles. The lowest BCUT2D eigenvalue weighted by Crippen LogP contribution is -2.23. The van der Waals surface area contributed by atoms with Crippen LogP contribution < -0.4 is 5.32 Å². The van der Waals surface area contributed by atoms with Crippen LogP contribution in [0.4, 0.5) is 5.69 Å². The maximum absolute atomic E-state index is 12.2. The number of fused-ring (bicyclic) bond motifs is 1. The first-order valence-electron chi connectivity index (χ1n) is 9.25. The SMILES string of the molecule is CN(C)S(=O)(=O)c1ccc(Cl)c(NC(=O)COC(=O)/C=C/c2cnc3ccccc3n2)c1. The summed E-state index contributed by atoms with van der Waals surface area (Å²) in [6, 6.07) is 11.2. The van der Waals surface area contributed by atoms with Crippen molar-refractivity contribution >= 4 is 56.3 Å². The molecular formula is C21H19ClN4O5S. The summed E-state index contributed by atoms with van der Waals surface area (Å²) in [6.07, 6.45) is 4.06. The Balaban J connectivity index is 1.59. The molecule has 1 amide bonds. The average Bonchev–Trinajstić information content (AvgIpc) is 2.77. The van der Waals surface area contributed by atoms with Gasteiger partial charge in [0.15, 0.2) is 6.61 Å². The fourth-order valence-corrected chi connectivity index (χ4v) is 3.64. The third-order valence-corrected chi connectivity index (χ3v) is 6.33. The molecule has 166 valence electrons. The van der Waals surface area contributed by atoms with Crippen LogP contribution >= 0.6 is 11.6 Å². The molecule has 0 radical (unpaired) electrons. The van der Waals surface area contributed by atoms with Gasteiger partial charge in [0.2, 0.25) is 10.0 Å². The number of nitrogens with one attached hydrogen (secondary N) is 1. The van der Waals surface area contributed by atoms with Crippen molar-refractivity contribution in [3.63, 3.8) is 0 Å². The van der Waals surface area contributed by atoms with E-state index in [4.69, 9.17) is 16.3 Å². The highest BCUT2D eigenvalue weighted by atomic mass is 35.5. The van der Waals surface area contributed by atoms with Gasteiger partial charge in [-0.05, 0) is 36.4 Å². The number of amides is 1. The number of carbonyl (C=O) groups is 2. The zero-order chi connectivity index (χ0) is 23.3. The molecule has 0 spiro atoms. The van der Waals surface area contributed by atoms with Crippen molar-refractivity contribution in [1.82, 2.24) is 14.3 Å². The first-order valence-corrected chi connectivity index (χ1v) is 11.1. The minimum absolute atomic E-state index is 0.0429.